The number of nitrogens with one attached hydrogen (secondary N) is 1. The summed E-state index contributed by atoms with van der Waals surface area (Å²) in [6, 6.07) is 25.7. The quantitative estimate of drug-likeness (QED) is 0.159. The van der Waals surface area contributed by atoms with Crippen molar-refractivity contribution in [2.45, 2.75) is 20.8 Å². The molecule has 0 fully saturated rings. The molecule has 0 heterocycles. The second-order valence-corrected chi connectivity index (χ2v) is 8.38. The summed E-state index contributed by atoms with van der Waals surface area (Å²) >= 11 is 0. The van der Waals surface area contributed by atoms with Gasteiger partial charge in [0, 0.05) is 5.69 Å². The first-order valence-corrected chi connectivity index (χ1v) is 11.2. The number of benzene rings is 4. The number of anilines is 1. The van der Waals surface area contributed by atoms with E-state index in [4.69, 9.17) is 4.74 Å². The average molecular weight is 461 g/mol. The van der Waals surface area contributed by atoms with Gasteiger partial charge in [0.15, 0.2) is 0 Å². The second-order valence-electron chi connectivity index (χ2n) is 8.38. The molecule has 0 spiro atoms. The van der Waals surface area contributed by atoms with Crippen LogP contribution in [0.2, 0.25) is 0 Å². The Hall–Kier alpha value is -4.69. The monoisotopic (exact) mass is 460 g/mol. The van der Waals surface area contributed by atoms with E-state index in [-0.39, 0.29) is 5.57 Å². The molecule has 1 N–H and O–H groups in total. The number of hydrogen-bond acceptors (Lipinski definition) is 4. The molecule has 0 aliphatic heterocycles. The number of aryl methyl sites for hydroxylation is 3. The highest BCUT2D eigenvalue weighted by molar-refractivity contribution is 6.10. The minimum absolute atomic E-state index is 0.0233. The molecule has 0 aliphatic rings. The molecule has 35 heavy (non-hydrogen) atoms. The lowest BCUT2D eigenvalue weighted by Crippen LogP contribution is -2.15. The van der Waals surface area contributed by atoms with E-state index >= 15 is 0 Å². The summed E-state index contributed by atoms with van der Waals surface area (Å²) in [7, 11) is 0. The summed E-state index contributed by atoms with van der Waals surface area (Å²) in [4.78, 5) is 25.5. The zero-order valence-corrected chi connectivity index (χ0v) is 19.8. The number of ether oxygens (including phenoxy) is 1. The summed E-state index contributed by atoms with van der Waals surface area (Å²) in [6.45, 7) is 5.84. The van der Waals surface area contributed by atoms with E-state index in [1.165, 1.54) is 6.08 Å². The van der Waals surface area contributed by atoms with Crippen LogP contribution in [-0.4, -0.2) is 11.9 Å². The van der Waals surface area contributed by atoms with Gasteiger partial charge in [-0.1, -0.05) is 66.2 Å². The third-order valence-electron chi connectivity index (χ3n) is 5.69. The van der Waals surface area contributed by atoms with Crippen LogP contribution < -0.4 is 10.1 Å². The Bertz CT molecular complexity index is 1480. The standard InChI is InChI=1S/C30H24N2O3/c1-19-15-20(2)28(21(3)16-19)32-29(33)24(18-31)17-22-11-13-25(14-12-22)35-30(34)27-10-6-8-23-7-4-5-9-26(23)27/h4-17H,1-3H3,(H,32,33)/b24-17-. The van der Waals surface area contributed by atoms with Crippen molar-refractivity contribution in [2.24, 2.45) is 0 Å². The molecule has 5 heteroatoms. The fourth-order valence-corrected chi connectivity index (χ4v) is 4.07. The van der Waals surface area contributed by atoms with E-state index in [0.29, 0.717) is 22.6 Å². The van der Waals surface area contributed by atoms with Gasteiger partial charge >= 0.3 is 5.97 Å². The van der Waals surface area contributed by atoms with Crippen molar-refractivity contribution in [3.63, 3.8) is 0 Å². The normalized spacial score (nSPS) is 11.1. The van der Waals surface area contributed by atoms with Crippen molar-refractivity contribution < 1.29 is 14.3 Å². The predicted octanol–water partition coefficient (Wildman–Crippen LogP) is 6.53. The van der Waals surface area contributed by atoms with Crippen molar-refractivity contribution in [1.29, 1.82) is 5.26 Å². The number of nitrogens with zero attached hydrogens (tertiary/aromatic N) is 1. The first-order chi connectivity index (χ1) is 16.9. The Morgan fingerprint density at radius 2 is 1.54 bits per heavy atom. The van der Waals surface area contributed by atoms with Crippen LogP contribution in [0.5, 0.6) is 5.75 Å². The summed E-state index contributed by atoms with van der Waals surface area (Å²) in [6.07, 6.45) is 1.50. The molecule has 0 aromatic heterocycles. The highest BCUT2D eigenvalue weighted by Crippen LogP contribution is 2.24. The van der Waals surface area contributed by atoms with Gasteiger partial charge in [-0.25, -0.2) is 4.79 Å². The summed E-state index contributed by atoms with van der Waals surface area (Å²) < 4.78 is 5.55. The van der Waals surface area contributed by atoms with Gasteiger partial charge < -0.3 is 10.1 Å². The minimum atomic E-state index is -0.478. The van der Waals surface area contributed by atoms with Crippen molar-refractivity contribution in [2.75, 3.05) is 5.32 Å². The van der Waals surface area contributed by atoms with Crippen LogP contribution in [0.25, 0.3) is 16.8 Å². The molecule has 0 saturated heterocycles. The SMILES string of the molecule is Cc1cc(C)c(NC(=O)/C(C#N)=C\c2ccc(OC(=O)c3cccc4ccccc34)cc2)c(C)c1. The van der Waals surface area contributed by atoms with E-state index in [1.807, 2.05) is 75.4 Å². The van der Waals surface area contributed by atoms with Gasteiger partial charge in [0.2, 0.25) is 0 Å². The van der Waals surface area contributed by atoms with E-state index in [0.717, 1.165) is 27.5 Å². The molecule has 172 valence electrons. The zero-order chi connectivity index (χ0) is 24.9. The highest BCUT2D eigenvalue weighted by Gasteiger charge is 2.14. The molecular formula is C30H24N2O3. The summed E-state index contributed by atoms with van der Waals surface area (Å²) in [5.41, 5.74) is 4.78. The maximum absolute atomic E-state index is 12.7. The number of carbonyl (C=O) groups excluding carboxylic acids is 2. The lowest BCUT2D eigenvalue weighted by molar-refractivity contribution is -0.112. The van der Waals surface area contributed by atoms with Crippen LogP contribution in [-0.2, 0) is 4.79 Å². The van der Waals surface area contributed by atoms with Crippen molar-refractivity contribution in [3.05, 3.63) is 112 Å². The Morgan fingerprint density at radius 3 is 2.23 bits per heavy atom. The molecule has 0 radical (unpaired) electrons. The van der Waals surface area contributed by atoms with Crippen molar-refractivity contribution in [3.8, 4) is 11.8 Å². The molecular weight excluding hydrogens is 436 g/mol. The van der Waals surface area contributed by atoms with Crippen LogP contribution in [0.4, 0.5) is 5.69 Å². The Morgan fingerprint density at radius 1 is 0.886 bits per heavy atom. The maximum Gasteiger partial charge on any atom is 0.344 e. The fraction of sp³-hybridized carbons (Fsp3) is 0.100. The number of esters is 1. The van der Waals surface area contributed by atoms with Gasteiger partial charge in [0.1, 0.15) is 17.4 Å². The van der Waals surface area contributed by atoms with E-state index in [2.05, 4.69) is 5.32 Å². The lowest BCUT2D eigenvalue weighted by Gasteiger charge is -2.12. The van der Waals surface area contributed by atoms with Crippen LogP contribution in [0.1, 0.15) is 32.6 Å². The number of hydrogen-bond donors (Lipinski definition) is 1. The van der Waals surface area contributed by atoms with Crippen LogP contribution in [0, 0.1) is 32.1 Å². The molecule has 4 aromatic rings. The highest BCUT2D eigenvalue weighted by atomic mass is 16.5. The summed E-state index contributed by atoms with van der Waals surface area (Å²) in [5, 5.41) is 14.2. The van der Waals surface area contributed by atoms with Gasteiger partial charge in [-0.15, -0.1) is 0 Å². The number of carbonyl (C=O) groups is 2. The van der Waals surface area contributed by atoms with E-state index in [1.54, 1.807) is 30.3 Å². The number of nitriles is 1. The second kappa shape index (κ2) is 10.1. The first kappa shape index (κ1) is 23.5. The largest absolute Gasteiger partial charge is 0.423 e. The van der Waals surface area contributed by atoms with E-state index < -0.39 is 11.9 Å². The van der Waals surface area contributed by atoms with Crippen LogP contribution in [0.15, 0.2) is 84.4 Å². The molecule has 0 unspecified atom stereocenters. The molecule has 1 amide bonds. The Labute approximate surface area is 204 Å². The number of amides is 1. The fourth-order valence-electron chi connectivity index (χ4n) is 4.07. The number of rotatable bonds is 5. The Kier molecular flexibility index (Phi) is 6.75. The topological polar surface area (TPSA) is 79.2 Å². The predicted molar refractivity (Wildman–Crippen MR) is 138 cm³/mol. The van der Waals surface area contributed by atoms with Crippen LogP contribution in [0.3, 0.4) is 0 Å². The molecule has 5 nitrogen and oxygen atoms in total. The van der Waals surface area contributed by atoms with Gasteiger partial charge in [-0.05, 0) is 72.5 Å². The lowest BCUT2D eigenvalue weighted by atomic mass is 10.0. The third kappa shape index (κ3) is 5.29. The van der Waals surface area contributed by atoms with Crippen molar-refractivity contribution in [1.82, 2.24) is 0 Å². The molecule has 0 saturated carbocycles. The van der Waals surface area contributed by atoms with Gasteiger partial charge in [0.25, 0.3) is 5.91 Å². The van der Waals surface area contributed by atoms with Crippen molar-refractivity contribution >= 4 is 34.4 Å². The summed E-state index contributed by atoms with van der Waals surface area (Å²) in [5.74, 6) is -0.561. The van der Waals surface area contributed by atoms with Gasteiger partial charge in [0.05, 0.1) is 5.56 Å². The molecule has 4 rings (SSSR count). The van der Waals surface area contributed by atoms with Gasteiger partial charge in [-0.3, -0.25) is 4.79 Å². The first-order valence-electron chi connectivity index (χ1n) is 11.2. The average Bonchev–Trinajstić information content (AvgIpc) is 2.85. The molecule has 0 bridgehead atoms. The molecule has 0 aliphatic carbocycles. The molecule has 0 atom stereocenters. The minimum Gasteiger partial charge on any atom is -0.423 e. The number of fused-ring (bicyclic) bond motifs is 1. The van der Waals surface area contributed by atoms with Gasteiger partial charge in [-0.2, -0.15) is 5.26 Å². The maximum atomic E-state index is 12.7. The van der Waals surface area contributed by atoms with Crippen LogP contribution >= 0.6 is 0 Å². The molecule has 4 aromatic carbocycles. The van der Waals surface area contributed by atoms with E-state index in [9.17, 15) is 14.9 Å². The Balaban J connectivity index is 1.49. The zero-order valence-electron chi connectivity index (χ0n) is 19.8. The third-order valence-corrected chi connectivity index (χ3v) is 5.69. The smallest absolute Gasteiger partial charge is 0.344 e.